The van der Waals surface area contributed by atoms with E-state index in [0.29, 0.717) is 19.3 Å². The van der Waals surface area contributed by atoms with Crippen LogP contribution < -0.4 is 5.32 Å². The van der Waals surface area contributed by atoms with Crippen LogP contribution in [-0.4, -0.2) is 110 Å². The number of ether oxygens (including phenoxy) is 2. The van der Waals surface area contributed by atoms with E-state index in [9.17, 15) is 40.5 Å². The maximum atomic E-state index is 13.2. The summed E-state index contributed by atoms with van der Waals surface area (Å²) in [5, 5.41) is 76.2. The van der Waals surface area contributed by atoms with Crippen LogP contribution in [0, 0.1) is 0 Å². The highest BCUT2D eigenvalue weighted by Gasteiger charge is 2.44. The number of aliphatic hydroxyl groups is 7. The molecule has 9 unspecified atom stereocenters. The molecule has 1 heterocycles. The molecule has 11 nitrogen and oxygen atoms in total. The maximum absolute atomic E-state index is 13.2. The fourth-order valence-electron chi connectivity index (χ4n) is 10.1. The molecule has 0 aromatic rings. The summed E-state index contributed by atoms with van der Waals surface area (Å²) in [6, 6.07) is -1.17. The van der Waals surface area contributed by atoms with Crippen molar-refractivity contribution in [2.24, 2.45) is 0 Å². The molecule has 0 radical (unpaired) electrons. The Morgan fingerprint density at radius 3 is 1.18 bits per heavy atom. The summed E-state index contributed by atoms with van der Waals surface area (Å²) in [7, 11) is 0. The quantitative estimate of drug-likeness (QED) is 0.0215. The smallest absolute Gasteiger partial charge is 0.249 e. The van der Waals surface area contributed by atoms with Crippen LogP contribution >= 0.6 is 0 Å². The Bertz CT molecular complexity index is 1160. The highest BCUT2D eigenvalue weighted by molar-refractivity contribution is 5.80. The summed E-state index contributed by atoms with van der Waals surface area (Å²) < 4.78 is 11.2. The molecule has 9 atom stereocenters. The molecule has 0 aromatic carbocycles. The van der Waals surface area contributed by atoms with Crippen LogP contribution in [0.3, 0.4) is 0 Å². The van der Waals surface area contributed by atoms with E-state index in [0.717, 1.165) is 51.4 Å². The van der Waals surface area contributed by atoms with Crippen molar-refractivity contribution in [3.8, 4) is 0 Å². The van der Waals surface area contributed by atoms with Crippen molar-refractivity contribution in [2.75, 3.05) is 13.2 Å². The zero-order chi connectivity index (χ0) is 51.8. The van der Waals surface area contributed by atoms with E-state index in [1.807, 2.05) is 0 Å². The van der Waals surface area contributed by atoms with E-state index in [1.165, 1.54) is 205 Å². The van der Waals surface area contributed by atoms with E-state index in [1.54, 1.807) is 0 Å². The lowest BCUT2D eigenvalue weighted by Gasteiger charge is -2.40. The van der Waals surface area contributed by atoms with Gasteiger partial charge < -0.3 is 50.5 Å². The van der Waals surface area contributed by atoms with Crippen molar-refractivity contribution in [1.29, 1.82) is 0 Å². The van der Waals surface area contributed by atoms with Gasteiger partial charge in [0.1, 0.15) is 36.6 Å². The van der Waals surface area contributed by atoms with E-state index >= 15 is 0 Å². The molecule has 0 saturated carbocycles. The lowest BCUT2D eigenvalue weighted by molar-refractivity contribution is -0.303. The monoisotopic (exact) mass is 1010 g/mol. The third kappa shape index (κ3) is 38.1. The minimum absolute atomic E-state index is 0.256. The molecule has 1 rings (SSSR count). The lowest BCUT2D eigenvalue weighted by atomic mass is 9.98. The number of unbranched alkanes of at least 4 members (excludes halogenated alkanes) is 39. The molecule has 1 saturated heterocycles. The van der Waals surface area contributed by atoms with Crippen molar-refractivity contribution >= 4 is 5.91 Å². The molecule has 71 heavy (non-hydrogen) atoms. The first kappa shape index (κ1) is 67.9. The number of aliphatic hydroxyl groups excluding tert-OH is 7. The fourth-order valence-corrected chi connectivity index (χ4v) is 10.1. The summed E-state index contributed by atoms with van der Waals surface area (Å²) in [6.07, 6.45) is 47.0. The molecule has 1 aliphatic rings. The Balaban J connectivity index is 2.24. The van der Waals surface area contributed by atoms with E-state index in [2.05, 4.69) is 31.3 Å². The predicted octanol–water partition coefficient (Wildman–Crippen LogP) is 13.1. The number of hydrogen-bond acceptors (Lipinski definition) is 10. The molecule has 8 N–H and O–H groups in total. The van der Waals surface area contributed by atoms with Crippen molar-refractivity contribution in [1.82, 2.24) is 5.32 Å². The van der Waals surface area contributed by atoms with Crippen LogP contribution in [0.2, 0.25) is 0 Å². The van der Waals surface area contributed by atoms with Gasteiger partial charge in [0, 0.05) is 0 Å². The normalized spacial score (nSPS) is 20.2. The maximum Gasteiger partial charge on any atom is 0.249 e. The SMILES string of the molecule is CCCCCCCC/C=C\CCCCCCCCC(O)C(=O)NC(COC1OC(CO)C(O)C(O)C1O)C(O)C(O)CCCCCCCCCCCCCCCCCCCCCCCCCCCCCC. The Kier molecular flexibility index (Phi) is 47.5. The third-order valence-electron chi connectivity index (χ3n) is 15.1. The van der Waals surface area contributed by atoms with Gasteiger partial charge in [-0.15, -0.1) is 0 Å². The first-order valence-corrected chi connectivity index (χ1v) is 30.6. The molecule has 1 amide bonds. The number of amides is 1. The predicted molar refractivity (Wildman–Crippen MR) is 293 cm³/mol. The molecule has 11 heteroatoms. The van der Waals surface area contributed by atoms with Crippen molar-refractivity contribution in [2.45, 2.75) is 351 Å². The third-order valence-corrected chi connectivity index (χ3v) is 15.1. The minimum atomic E-state index is -1.66. The summed E-state index contributed by atoms with van der Waals surface area (Å²) >= 11 is 0. The molecule has 422 valence electrons. The van der Waals surface area contributed by atoms with Gasteiger partial charge in [0.25, 0.3) is 0 Å². The Hall–Kier alpha value is -1.15. The highest BCUT2D eigenvalue weighted by atomic mass is 16.7. The van der Waals surface area contributed by atoms with Gasteiger partial charge in [-0.05, 0) is 38.5 Å². The summed E-state index contributed by atoms with van der Waals surface area (Å²) in [5.41, 5.74) is 0. The molecule has 0 bridgehead atoms. The average molecular weight is 1010 g/mol. The molecular weight excluding hydrogens is 895 g/mol. The van der Waals surface area contributed by atoms with E-state index < -0.39 is 74.2 Å². The summed E-state index contributed by atoms with van der Waals surface area (Å²) in [5.74, 6) is -0.697. The van der Waals surface area contributed by atoms with Crippen molar-refractivity contribution in [3.05, 3.63) is 12.2 Å². The molecule has 0 aliphatic carbocycles. The molecule has 0 spiro atoms. The number of hydrogen-bond donors (Lipinski definition) is 8. The molecule has 0 aromatic heterocycles. The van der Waals surface area contributed by atoms with Crippen LogP contribution in [-0.2, 0) is 14.3 Å². The topological polar surface area (TPSA) is 189 Å². The van der Waals surface area contributed by atoms with Crippen molar-refractivity contribution in [3.63, 3.8) is 0 Å². The number of nitrogens with one attached hydrogen (secondary N) is 1. The van der Waals surface area contributed by atoms with Crippen LogP contribution in [0.5, 0.6) is 0 Å². The summed E-state index contributed by atoms with van der Waals surface area (Å²) in [6.45, 7) is 3.48. The minimum Gasteiger partial charge on any atom is -0.394 e. The van der Waals surface area contributed by atoms with Gasteiger partial charge in [-0.25, -0.2) is 0 Å². The van der Waals surface area contributed by atoms with Crippen LogP contribution in [0.1, 0.15) is 296 Å². The van der Waals surface area contributed by atoms with Gasteiger partial charge in [0.2, 0.25) is 5.91 Å². The number of rotatable bonds is 53. The standard InChI is InChI=1S/C60H117NO10/c1-3-5-7-9-11-13-15-17-19-21-22-23-24-25-26-27-28-29-30-31-32-34-35-37-39-41-43-45-47-52(63)55(65)51(50-70-60-58(68)57(67)56(66)54(49-62)71-60)61-59(69)53(64)48-46-44-42-40-38-36-33-20-18-16-14-12-10-8-6-4-2/h18,20,51-58,60,62-68H,3-17,19,21-50H2,1-2H3,(H,61,69)/b20-18-. The van der Waals surface area contributed by atoms with Gasteiger partial charge in [-0.1, -0.05) is 270 Å². The van der Waals surface area contributed by atoms with Gasteiger partial charge >= 0.3 is 0 Å². The zero-order valence-corrected chi connectivity index (χ0v) is 46.2. The molecular formula is C60H117NO10. The van der Waals surface area contributed by atoms with Gasteiger partial charge in [-0.3, -0.25) is 4.79 Å². The molecule has 1 fully saturated rings. The number of carbonyl (C=O) groups is 1. The zero-order valence-electron chi connectivity index (χ0n) is 46.2. The Morgan fingerprint density at radius 2 is 0.817 bits per heavy atom. The lowest BCUT2D eigenvalue weighted by Crippen LogP contribution is -2.60. The van der Waals surface area contributed by atoms with Gasteiger partial charge in [0.15, 0.2) is 6.29 Å². The molecule has 1 aliphatic heterocycles. The fraction of sp³-hybridized carbons (Fsp3) is 0.950. The van der Waals surface area contributed by atoms with E-state index in [4.69, 9.17) is 9.47 Å². The number of allylic oxidation sites excluding steroid dienone is 2. The second kappa shape index (κ2) is 49.7. The van der Waals surface area contributed by atoms with Gasteiger partial charge in [-0.2, -0.15) is 0 Å². The first-order valence-electron chi connectivity index (χ1n) is 30.6. The average Bonchev–Trinajstić information content (AvgIpc) is 3.37. The number of carbonyl (C=O) groups excluding carboxylic acids is 1. The second-order valence-electron chi connectivity index (χ2n) is 21.8. The van der Waals surface area contributed by atoms with Crippen LogP contribution in [0.15, 0.2) is 12.2 Å². The Morgan fingerprint density at radius 1 is 0.479 bits per heavy atom. The van der Waals surface area contributed by atoms with E-state index in [-0.39, 0.29) is 6.42 Å². The Labute approximate surface area is 436 Å². The van der Waals surface area contributed by atoms with Crippen LogP contribution in [0.4, 0.5) is 0 Å². The summed E-state index contributed by atoms with van der Waals surface area (Å²) in [4.78, 5) is 13.2. The van der Waals surface area contributed by atoms with Gasteiger partial charge in [0.05, 0.1) is 25.4 Å². The highest BCUT2D eigenvalue weighted by Crippen LogP contribution is 2.24. The largest absolute Gasteiger partial charge is 0.394 e. The second-order valence-corrected chi connectivity index (χ2v) is 21.8. The van der Waals surface area contributed by atoms with Crippen LogP contribution in [0.25, 0.3) is 0 Å². The first-order chi connectivity index (χ1) is 34.7. The van der Waals surface area contributed by atoms with Crippen molar-refractivity contribution < 1.29 is 50.0 Å².